The number of aliphatic carboxylic acids is 1. The van der Waals surface area contributed by atoms with E-state index in [9.17, 15) is 9.59 Å². The molecule has 18 heavy (non-hydrogen) atoms. The van der Waals surface area contributed by atoms with Crippen LogP contribution in [-0.4, -0.2) is 36.7 Å². The third-order valence-electron chi connectivity index (χ3n) is 2.18. The minimum Gasteiger partial charge on any atom is -0.479 e. The third-order valence-corrected chi connectivity index (χ3v) is 2.99. The first-order valence-corrected chi connectivity index (χ1v) is 6.11. The molecule has 1 aromatic carbocycles. The van der Waals surface area contributed by atoms with Crippen molar-refractivity contribution in [3.8, 4) is 0 Å². The fourth-order valence-corrected chi connectivity index (χ4v) is 1.98. The first-order valence-electron chi connectivity index (χ1n) is 4.94. The van der Waals surface area contributed by atoms with Crippen LogP contribution in [0.2, 0.25) is 5.02 Å². The van der Waals surface area contributed by atoms with Crippen LogP contribution in [0.25, 0.3) is 0 Å². The number of benzene rings is 1. The predicted octanol–water partition coefficient (Wildman–Crippen LogP) is 1.93. The summed E-state index contributed by atoms with van der Waals surface area (Å²) in [7, 11) is 1.26. The molecule has 1 amide bonds. The van der Waals surface area contributed by atoms with Crippen molar-refractivity contribution in [2.24, 2.45) is 0 Å². The SMILES string of the molecule is COC(CNC(=O)c1ccc(Br)cc1Cl)C(=O)O. The molecular formula is C11H11BrClNO4. The lowest BCUT2D eigenvalue weighted by molar-refractivity contribution is -0.147. The van der Waals surface area contributed by atoms with Gasteiger partial charge in [-0.25, -0.2) is 4.79 Å². The second-order valence-electron chi connectivity index (χ2n) is 3.40. The van der Waals surface area contributed by atoms with Crippen molar-refractivity contribution in [3.05, 3.63) is 33.3 Å². The number of carboxylic acids is 1. The molecule has 0 saturated heterocycles. The van der Waals surface area contributed by atoms with Crippen molar-refractivity contribution in [2.75, 3.05) is 13.7 Å². The maximum Gasteiger partial charge on any atom is 0.334 e. The second kappa shape index (κ2) is 6.72. The number of carbonyl (C=O) groups is 2. The third kappa shape index (κ3) is 3.97. The zero-order valence-corrected chi connectivity index (χ0v) is 11.8. The molecular weight excluding hydrogens is 325 g/mol. The molecule has 0 heterocycles. The normalized spacial score (nSPS) is 11.9. The molecule has 98 valence electrons. The maximum absolute atomic E-state index is 11.8. The van der Waals surface area contributed by atoms with Crippen molar-refractivity contribution in [3.63, 3.8) is 0 Å². The van der Waals surface area contributed by atoms with Crippen LogP contribution in [0.5, 0.6) is 0 Å². The Labute approximate surface area is 117 Å². The first-order chi connectivity index (χ1) is 8.45. The van der Waals surface area contributed by atoms with Gasteiger partial charge in [0.25, 0.3) is 5.91 Å². The van der Waals surface area contributed by atoms with Crippen LogP contribution in [0.3, 0.4) is 0 Å². The van der Waals surface area contributed by atoms with Gasteiger partial charge in [0.05, 0.1) is 17.1 Å². The topological polar surface area (TPSA) is 75.6 Å². The Morgan fingerprint density at radius 1 is 1.56 bits per heavy atom. The molecule has 0 radical (unpaired) electrons. The number of amides is 1. The van der Waals surface area contributed by atoms with Crippen LogP contribution >= 0.6 is 27.5 Å². The van der Waals surface area contributed by atoms with Crippen LogP contribution in [0.1, 0.15) is 10.4 Å². The van der Waals surface area contributed by atoms with Crippen LogP contribution < -0.4 is 5.32 Å². The summed E-state index contributed by atoms with van der Waals surface area (Å²) in [6, 6.07) is 4.80. The van der Waals surface area contributed by atoms with E-state index in [1.807, 2.05) is 0 Å². The molecule has 0 fully saturated rings. The van der Waals surface area contributed by atoms with E-state index in [-0.39, 0.29) is 17.1 Å². The number of methoxy groups -OCH3 is 1. The van der Waals surface area contributed by atoms with E-state index in [1.165, 1.54) is 7.11 Å². The summed E-state index contributed by atoms with van der Waals surface area (Å²) < 4.78 is 5.45. The smallest absolute Gasteiger partial charge is 0.334 e. The van der Waals surface area contributed by atoms with Crippen molar-refractivity contribution in [2.45, 2.75) is 6.10 Å². The minimum atomic E-state index is -1.14. The Bertz CT molecular complexity index is 466. The highest BCUT2D eigenvalue weighted by Gasteiger charge is 2.18. The molecule has 2 N–H and O–H groups in total. The van der Waals surface area contributed by atoms with Gasteiger partial charge in [0.2, 0.25) is 0 Å². The van der Waals surface area contributed by atoms with Gasteiger partial charge in [0.15, 0.2) is 6.10 Å². The van der Waals surface area contributed by atoms with Crippen molar-refractivity contribution in [1.82, 2.24) is 5.32 Å². The fourth-order valence-electron chi connectivity index (χ4n) is 1.23. The van der Waals surface area contributed by atoms with E-state index in [0.29, 0.717) is 0 Å². The lowest BCUT2D eigenvalue weighted by Crippen LogP contribution is -2.37. The highest BCUT2D eigenvalue weighted by molar-refractivity contribution is 9.10. The highest BCUT2D eigenvalue weighted by atomic mass is 79.9. The molecule has 0 bridgehead atoms. The Hall–Kier alpha value is -1.11. The summed E-state index contributed by atoms with van der Waals surface area (Å²) in [5, 5.41) is 11.5. The number of hydrogen-bond donors (Lipinski definition) is 2. The number of carboxylic acid groups (broad SMARTS) is 1. The number of halogens is 2. The zero-order valence-electron chi connectivity index (χ0n) is 9.44. The number of rotatable bonds is 5. The number of ether oxygens (including phenoxy) is 1. The molecule has 1 atom stereocenters. The van der Waals surface area contributed by atoms with Gasteiger partial charge in [-0.1, -0.05) is 27.5 Å². The molecule has 0 aliphatic carbocycles. The monoisotopic (exact) mass is 335 g/mol. The fraction of sp³-hybridized carbons (Fsp3) is 0.273. The van der Waals surface area contributed by atoms with Crippen LogP contribution in [-0.2, 0) is 9.53 Å². The largest absolute Gasteiger partial charge is 0.479 e. The van der Waals surface area contributed by atoms with E-state index < -0.39 is 18.0 Å². The van der Waals surface area contributed by atoms with Gasteiger partial charge in [0, 0.05) is 11.6 Å². The summed E-state index contributed by atoms with van der Waals surface area (Å²) >= 11 is 9.12. The molecule has 0 aliphatic rings. The van der Waals surface area contributed by atoms with E-state index in [4.69, 9.17) is 21.4 Å². The Balaban J connectivity index is 2.68. The molecule has 7 heteroatoms. The Morgan fingerprint density at radius 2 is 2.22 bits per heavy atom. The zero-order chi connectivity index (χ0) is 13.7. The van der Waals surface area contributed by atoms with E-state index in [0.717, 1.165) is 4.47 Å². The van der Waals surface area contributed by atoms with Gasteiger partial charge in [0.1, 0.15) is 0 Å². The first kappa shape index (κ1) is 14.9. The molecule has 1 rings (SSSR count). The number of hydrogen-bond acceptors (Lipinski definition) is 3. The van der Waals surface area contributed by atoms with Gasteiger partial charge in [-0.05, 0) is 18.2 Å². The molecule has 0 aliphatic heterocycles. The molecule has 1 unspecified atom stereocenters. The standard InChI is InChI=1S/C11H11BrClNO4/c1-18-9(11(16)17)5-14-10(15)7-3-2-6(12)4-8(7)13/h2-4,9H,5H2,1H3,(H,14,15)(H,16,17). The van der Waals surface area contributed by atoms with Crippen molar-refractivity contribution in [1.29, 1.82) is 0 Å². The predicted molar refractivity (Wildman–Crippen MR) is 69.9 cm³/mol. The van der Waals surface area contributed by atoms with Crippen LogP contribution in [0.15, 0.2) is 22.7 Å². The number of nitrogens with one attached hydrogen (secondary N) is 1. The Kier molecular flexibility index (Phi) is 5.58. The van der Waals surface area contributed by atoms with E-state index in [1.54, 1.807) is 18.2 Å². The number of carbonyl (C=O) groups excluding carboxylic acids is 1. The minimum absolute atomic E-state index is 0.128. The summed E-state index contributed by atoms with van der Waals surface area (Å²) in [6.07, 6.45) is -1.08. The van der Waals surface area contributed by atoms with Crippen LogP contribution in [0.4, 0.5) is 0 Å². The second-order valence-corrected chi connectivity index (χ2v) is 4.72. The van der Waals surface area contributed by atoms with E-state index in [2.05, 4.69) is 21.2 Å². The van der Waals surface area contributed by atoms with Crippen LogP contribution in [0, 0.1) is 0 Å². The molecule has 1 aromatic rings. The van der Waals surface area contributed by atoms with E-state index >= 15 is 0 Å². The average molecular weight is 337 g/mol. The summed E-state index contributed by atoms with van der Waals surface area (Å²) in [5.74, 6) is -1.59. The van der Waals surface area contributed by atoms with Gasteiger partial charge in [-0.2, -0.15) is 0 Å². The van der Waals surface area contributed by atoms with Gasteiger partial charge >= 0.3 is 5.97 Å². The quantitative estimate of drug-likeness (QED) is 0.861. The van der Waals surface area contributed by atoms with Gasteiger partial charge < -0.3 is 15.2 Å². The lowest BCUT2D eigenvalue weighted by Gasteiger charge is -2.12. The van der Waals surface area contributed by atoms with Crippen molar-refractivity contribution >= 4 is 39.4 Å². The molecule has 0 aromatic heterocycles. The van der Waals surface area contributed by atoms with Gasteiger partial charge in [-0.3, -0.25) is 4.79 Å². The summed E-state index contributed by atoms with van der Waals surface area (Å²) in [5.41, 5.74) is 0.278. The summed E-state index contributed by atoms with van der Waals surface area (Å²) in [6.45, 7) is -0.128. The molecule has 0 saturated carbocycles. The molecule has 0 spiro atoms. The summed E-state index contributed by atoms with van der Waals surface area (Å²) in [4.78, 5) is 22.4. The average Bonchev–Trinajstić information content (AvgIpc) is 2.28. The lowest BCUT2D eigenvalue weighted by atomic mass is 10.2. The highest BCUT2D eigenvalue weighted by Crippen LogP contribution is 2.21. The Morgan fingerprint density at radius 3 is 2.72 bits per heavy atom. The maximum atomic E-state index is 11.8. The van der Waals surface area contributed by atoms with Crippen molar-refractivity contribution < 1.29 is 19.4 Å². The van der Waals surface area contributed by atoms with Gasteiger partial charge in [-0.15, -0.1) is 0 Å². The molecule has 5 nitrogen and oxygen atoms in total.